The summed E-state index contributed by atoms with van der Waals surface area (Å²) >= 11 is 0. The molecule has 0 aliphatic carbocycles. The molecule has 2 rings (SSSR count). The van der Waals surface area contributed by atoms with Gasteiger partial charge in [0.25, 0.3) is 5.91 Å². The molecule has 6 heteroatoms. The van der Waals surface area contributed by atoms with Crippen LogP contribution in [-0.2, 0) is 14.3 Å². The van der Waals surface area contributed by atoms with E-state index in [0.717, 1.165) is 0 Å². The number of esters is 1. The van der Waals surface area contributed by atoms with Crippen LogP contribution in [0.2, 0.25) is 0 Å². The summed E-state index contributed by atoms with van der Waals surface area (Å²) in [6, 6.07) is 5.00. The van der Waals surface area contributed by atoms with Gasteiger partial charge in [0.05, 0.1) is 12.8 Å². The third-order valence-corrected chi connectivity index (χ3v) is 3.38. The monoisotopic (exact) mass is 291 g/mol. The number of amides is 1. The number of hydrogen-bond donors (Lipinski definition) is 0. The number of carbonyl (C=O) groups is 3. The summed E-state index contributed by atoms with van der Waals surface area (Å²) in [5, 5.41) is 0. The lowest BCUT2D eigenvalue weighted by atomic mass is 10.0. The van der Waals surface area contributed by atoms with E-state index < -0.39 is 0 Å². The molecule has 0 aromatic heterocycles. The van der Waals surface area contributed by atoms with E-state index in [1.165, 1.54) is 12.0 Å². The van der Waals surface area contributed by atoms with Gasteiger partial charge in [0.1, 0.15) is 5.75 Å². The first-order valence-electron chi connectivity index (χ1n) is 6.66. The molecule has 21 heavy (non-hydrogen) atoms. The minimum Gasteiger partial charge on any atom is -0.482 e. The molecule has 112 valence electrons. The molecule has 0 fully saturated rings. The highest BCUT2D eigenvalue weighted by atomic mass is 16.5. The van der Waals surface area contributed by atoms with Gasteiger partial charge in [-0.1, -0.05) is 0 Å². The van der Waals surface area contributed by atoms with Crippen LogP contribution >= 0.6 is 0 Å². The average Bonchev–Trinajstić information content (AvgIpc) is 2.50. The lowest BCUT2D eigenvalue weighted by molar-refractivity contribution is -0.140. The van der Waals surface area contributed by atoms with E-state index in [1.807, 2.05) is 0 Å². The fourth-order valence-corrected chi connectivity index (χ4v) is 2.09. The Morgan fingerprint density at radius 2 is 2.10 bits per heavy atom. The van der Waals surface area contributed by atoms with Gasteiger partial charge in [-0.15, -0.1) is 0 Å². The molecule has 0 atom stereocenters. The smallest absolute Gasteiger partial charge is 0.305 e. The van der Waals surface area contributed by atoms with E-state index >= 15 is 0 Å². The first-order chi connectivity index (χ1) is 10.0. The molecule has 0 saturated heterocycles. The summed E-state index contributed by atoms with van der Waals surface area (Å²) in [5.74, 6) is 0.0288. The van der Waals surface area contributed by atoms with Crippen LogP contribution < -0.4 is 9.64 Å². The molecule has 6 nitrogen and oxygen atoms in total. The van der Waals surface area contributed by atoms with E-state index in [1.54, 1.807) is 25.2 Å². The molecular formula is C15H17NO5. The van der Waals surface area contributed by atoms with Crippen molar-refractivity contribution in [2.75, 3.05) is 25.7 Å². The maximum absolute atomic E-state index is 12.1. The van der Waals surface area contributed by atoms with E-state index in [4.69, 9.17) is 4.74 Å². The van der Waals surface area contributed by atoms with Crippen molar-refractivity contribution in [3.05, 3.63) is 23.8 Å². The SMILES string of the molecule is COC(=O)CCCC(=O)c1ccc2c(c1)N(C)C(=O)CO2. The number of ether oxygens (including phenoxy) is 2. The van der Waals surface area contributed by atoms with Crippen molar-refractivity contribution >= 4 is 23.3 Å². The molecular weight excluding hydrogens is 274 g/mol. The number of carbonyl (C=O) groups excluding carboxylic acids is 3. The number of anilines is 1. The van der Waals surface area contributed by atoms with Crippen molar-refractivity contribution in [2.24, 2.45) is 0 Å². The second-order valence-electron chi connectivity index (χ2n) is 4.78. The third kappa shape index (κ3) is 3.39. The van der Waals surface area contributed by atoms with E-state index in [2.05, 4.69) is 4.74 Å². The summed E-state index contributed by atoms with van der Waals surface area (Å²) in [5.41, 5.74) is 1.09. The first kappa shape index (κ1) is 15.0. The molecule has 1 aliphatic rings. The number of rotatable bonds is 5. The van der Waals surface area contributed by atoms with E-state index in [9.17, 15) is 14.4 Å². The van der Waals surface area contributed by atoms with Crippen molar-refractivity contribution in [1.29, 1.82) is 0 Å². The Hall–Kier alpha value is -2.37. The maximum Gasteiger partial charge on any atom is 0.305 e. The average molecular weight is 291 g/mol. The zero-order valence-electron chi connectivity index (χ0n) is 12.0. The summed E-state index contributed by atoms with van der Waals surface area (Å²) in [6.07, 6.45) is 0.912. The molecule has 0 spiro atoms. The third-order valence-electron chi connectivity index (χ3n) is 3.38. The van der Waals surface area contributed by atoms with Crippen LogP contribution in [0.1, 0.15) is 29.6 Å². The number of Topliss-reactive ketones (excluding diaryl/α,β-unsaturated/α-hetero) is 1. The molecule has 1 aromatic carbocycles. The first-order valence-corrected chi connectivity index (χ1v) is 6.66. The Morgan fingerprint density at radius 1 is 1.33 bits per heavy atom. The number of methoxy groups -OCH3 is 1. The predicted molar refractivity (Wildman–Crippen MR) is 75.5 cm³/mol. The highest BCUT2D eigenvalue weighted by Crippen LogP contribution is 2.32. The molecule has 0 saturated carbocycles. The maximum atomic E-state index is 12.1. The number of benzene rings is 1. The Kier molecular flexibility index (Phi) is 4.57. The second-order valence-corrected chi connectivity index (χ2v) is 4.78. The summed E-state index contributed by atoms with van der Waals surface area (Å²) in [7, 11) is 2.97. The Labute approximate surface area is 122 Å². The van der Waals surface area contributed by atoms with Crippen LogP contribution in [0.4, 0.5) is 5.69 Å². The van der Waals surface area contributed by atoms with Gasteiger partial charge in [0.15, 0.2) is 12.4 Å². The lowest BCUT2D eigenvalue weighted by Crippen LogP contribution is -2.35. The Bertz CT molecular complexity index is 581. The molecule has 1 amide bonds. The number of likely N-dealkylation sites (N-methyl/N-ethyl adjacent to an activating group) is 1. The normalized spacial score (nSPS) is 13.4. The topological polar surface area (TPSA) is 72.9 Å². The number of ketones is 1. The van der Waals surface area contributed by atoms with Gasteiger partial charge in [0.2, 0.25) is 0 Å². The zero-order chi connectivity index (χ0) is 15.4. The summed E-state index contributed by atoms with van der Waals surface area (Å²) in [4.78, 5) is 36.2. The highest BCUT2D eigenvalue weighted by molar-refractivity contribution is 6.01. The van der Waals surface area contributed by atoms with Crippen molar-refractivity contribution in [2.45, 2.75) is 19.3 Å². The van der Waals surface area contributed by atoms with Crippen LogP contribution in [-0.4, -0.2) is 38.4 Å². The minimum atomic E-state index is -0.327. The fraction of sp³-hybridized carbons (Fsp3) is 0.400. The lowest BCUT2D eigenvalue weighted by Gasteiger charge is -2.26. The molecule has 0 N–H and O–H groups in total. The highest BCUT2D eigenvalue weighted by Gasteiger charge is 2.23. The van der Waals surface area contributed by atoms with E-state index in [0.29, 0.717) is 23.4 Å². The standard InChI is InChI=1S/C15H17NO5/c1-16-11-8-10(6-7-13(11)21-9-14(16)18)12(17)4-3-5-15(19)20-2/h6-8H,3-5,9H2,1-2H3. The van der Waals surface area contributed by atoms with Crippen LogP contribution in [0.25, 0.3) is 0 Å². The second kappa shape index (κ2) is 6.39. The number of fused-ring (bicyclic) bond motifs is 1. The largest absolute Gasteiger partial charge is 0.482 e. The quantitative estimate of drug-likeness (QED) is 0.608. The van der Waals surface area contributed by atoms with Crippen LogP contribution in [0.15, 0.2) is 18.2 Å². The van der Waals surface area contributed by atoms with Gasteiger partial charge < -0.3 is 14.4 Å². The molecule has 0 bridgehead atoms. The van der Waals surface area contributed by atoms with Crippen LogP contribution in [0.5, 0.6) is 5.75 Å². The van der Waals surface area contributed by atoms with Crippen LogP contribution in [0, 0.1) is 0 Å². The van der Waals surface area contributed by atoms with Crippen molar-refractivity contribution in [3.63, 3.8) is 0 Å². The van der Waals surface area contributed by atoms with Crippen molar-refractivity contribution in [3.8, 4) is 5.75 Å². The minimum absolute atomic E-state index is 0.00984. The summed E-state index contributed by atoms with van der Waals surface area (Å²) in [6.45, 7) is 0.00984. The van der Waals surface area contributed by atoms with Gasteiger partial charge in [-0.2, -0.15) is 0 Å². The Balaban J connectivity index is 2.06. The molecule has 1 aliphatic heterocycles. The van der Waals surface area contributed by atoms with Gasteiger partial charge in [-0.3, -0.25) is 14.4 Å². The summed E-state index contributed by atoms with van der Waals surface area (Å²) < 4.78 is 9.83. The van der Waals surface area contributed by atoms with Crippen molar-refractivity contribution in [1.82, 2.24) is 0 Å². The van der Waals surface area contributed by atoms with Gasteiger partial charge >= 0.3 is 5.97 Å². The molecule has 0 radical (unpaired) electrons. The number of nitrogens with zero attached hydrogens (tertiary/aromatic N) is 1. The van der Waals surface area contributed by atoms with Gasteiger partial charge in [-0.25, -0.2) is 0 Å². The van der Waals surface area contributed by atoms with Gasteiger partial charge in [0, 0.05) is 25.5 Å². The van der Waals surface area contributed by atoms with Gasteiger partial charge in [-0.05, 0) is 24.6 Å². The van der Waals surface area contributed by atoms with E-state index in [-0.39, 0.29) is 37.1 Å². The Morgan fingerprint density at radius 3 is 2.81 bits per heavy atom. The molecule has 1 heterocycles. The fourth-order valence-electron chi connectivity index (χ4n) is 2.09. The van der Waals surface area contributed by atoms with Crippen LogP contribution in [0.3, 0.4) is 0 Å². The van der Waals surface area contributed by atoms with Crippen molar-refractivity contribution < 1.29 is 23.9 Å². The molecule has 1 aromatic rings. The number of hydrogen-bond acceptors (Lipinski definition) is 5. The predicted octanol–water partition coefficient (Wildman–Crippen LogP) is 1.57. The molecule has 0 unspecified atom stereocenters. The zero-order valence-corrected chi connectivity index (χ0v) is 12.0.